The van der Waals surface area contributed by atoms with Crippen LogP contribution in [0.15, 0.2) is 12.1 Å². The van der Waals surface area contributed by atoms with Gasteiger partial charge in [0.05, 0.1) is 19.8 Å². The first-order valence-electron chi connectivity index (χ1n) is 9.21. The molecule has 0 aromatic heterocycles. The highest BCUT2D eigenvalue weighted by Crippen LogP contribution is 2.32. The zero-order chi connectivity index (χ0) is 19.3. The molecule has 1 aromatic carbocycles. The summed E-state index contributed by atoms with van der Waals surface area (Å²) >= 11 is 0. The molecule has 6 heteroatoms. The lowest BCUT2D eigenvalue weighted by Crippen LogP contribution is -2.49. The second-order valence-electron chi connectivity index (χ2n) is 7.58. The van der Waals surface area contributed by atoms with Crippen molar-refractivity contribution >= 4 is 6.09 Å². The van der Waals surface area contributed by atoms with Gasteiger partial charge in [0.25, 0.3) is 0 Å². The molecule has 2 rings (SSSR count). The number of ether oxygens (including phenoxy) is 3. The van der Waals surface area contributed by atoms with E-state index in [2.05, 4.69) is 24.0 Å². The van der Waals surface area contributed by atoms with Crippen molar-refractivity contribution in [1.82, 2.24) is 9.80 Å². The number of aryl methyl sites for hydroxylation is 1. The van der Waals surface area contributed by atoms with E-state index in [0.717, 1.165) is 43.1 Å². The zero-order valence-electron chi connectivity index (χ0n) is 16.9. The molecule has 0 saturated carbocycles. The van der Waals surface area contributed by atoms with Crippen LogP contribution in [0.3, 0.4) is 0 Å². The summed E-state index contributed by atoms with van der Waals surface area (Å²) in [5.41, 5.74) is 1.78. The lowest BCUT2D eigenvalue weighted by atomic mass is 10.1. The molecule has 1 saturated heterocycles. The molecule has 1 amide bonds. The molecule has 1 aliphatic rings. The van der Waals surface area contributed by atoms with Crippen LogP contribution in [0.4, 0.5) is 4.79 Å². The van der Waals surface area contributed by atoms with Crippen molar-refractivity contribution in [1.29, 1.82) is 0 Å². The van der Waals surface area contributed by atoms with Gasteiger partial charge in [-0.15, -0.1) is 0 Å². The summed E-state index contributed by atoms with van der Waals surface area (Å²) in [6.45, 7) is 11.4. The van der Waals surface area contributed by atoms with Gasteiger partial charge in [0, 0.05) is 32.7 Å². The van der Waals surface area contributed by atoms with Crippen LogP contribution >= 0.6 is 0 Å². The number of carbonyl (C=O) groups excluding carboxylic acids is 1. The van der Waals surface area contributed by atoms with Crippen molar-refractivity contribution in [2.75, 3.05) is 40.4 Å². The quantitative estimate of drug-likeness (QED) is 0.802. The second kappa shape index (κ2) is 8.62. The number of hydrogen-bond donors (Lipinski definition) is 0. The lowest BCUT2D eigenvalue weighted by molar-refractivity contribution is 0.0138. The van der Waals surface area contributed by atoms with Crippen LogP contribution in [0.5, 0.6) is 11.5 Å². The number of benzene rings is 1. The Morgan fingerprint density at radius 1 is 1.04 bits per heavy atom. The Labute approximate surface area is 157 Å². The first-order chi connectivity index (χ1) is 12.3. The predicted molar refractivity (Wildman–Crippen MR) is 102 cm³/mol. The molecule has 0 unspecified atom stereocenters. The molecule has 0 radical (unpaired) electrons. The molecule has 0 aliphatic carbocycles. The number of piperazine rings is 1. The van der Waals surface area contributed by atoms with Gasteiger partial charge in [-0.3, -0.25) is 4.90 Å². The number of hydrogen-bond acceptors (Lipinski definition) is 5. The van der Waals surface area contributed by atoms with Crippen LogP contribution in [0.1, 0.15) is 38.8 Å². The van der Waals surface area contributed by atoms with Gasteiger partial charge in [-0.1, -0.05) is 6.92 Å². The summed E-state index contributed by atoms with van der Waals surface area (Å²) in [5, 5.41) is 0. The molecule has 26 heavy (non-hydrogen) atoms. The van der Waals surface area contributed by atoms with E-state index < -0.39 is 5.60 Å². The Balaban J connectivity index is 2.02. The van der Waals surface area contributed by atoms with E-state index in [1.165, 1.54) is 5.56 Å². The van der Waals surface area contributed by atoms with Crippen LogP contribution in [-0.2, 0) is 17.7 Å². The van der Waals surface area contributed by atoms with Gasteiger partial charge in [0.1, 0.15) is 17.1 Å². The Hall–Kier alpha value is -1.95. The molecule has 1 heterocycles. The summed E-state index contributed by atoms with van der Waals surface area (Å²) < 4.78 is 16.6. The predicted octanol–water partition coefficient (Wildman–Crippen LogP) is 3.32. The van der Waals surface area contributed by atoms with E-state index >= 15 is 0 Å². The first-order valence-corrected chi connectivity index (χ1v) is 9.21. The Kier molecular flexibility index (Phi) is 6.75. The summed E-state index contributed by atoms with van der Waals surface area (Å²) in [4.78, 5) is 16.3. The van der Waals surface area contributed by atoms with Crippen molar-refractivity contribution in [2.45, 2.75) is 46.3 Å². The van der Waals surface area contributed by atoms with Crippen molar-refractivity contribution < 1.29 is 19.0 Å². The maximum Gasteiger partial charge on any atom is 0.410 e. The molecule has 1 aromatic rings. The molecule has 1 fully saturated rings. The van der Waals surface area contributed by atoms with Crippen LogP contribution < -0.4 is 9.47 Å². The highest BCUT2D eigenvalue weighted by molar-refractivity contribution is 5.68. The smallest absolute Gasteiger partial charge is 0.410 e. The summed E-state index contributed by atoms with van der Waals surface area (Å²) in [5.74, 6) is 1.71. The third-order valence-electron chi connectivity index (χ3n) is 4.48. The van der Waals surface area contributed by atoms with E-state index in [1.54, 1.807) is 19.1 Å². The summed E-state index contributed by atoms with van der Waals surface area (Å²) in [6.07, 6.45) is 0.696. The van der Waals surface area contributed by atoms with Gasteiger partial charge in [-0.25, -0.2) is 4.79 Å². The molecule has 1 aliphatic heterocycles. The van der Waals surface area contributed by atoms with Crippen LogP contribution in [0.25, 0.3) is 0 Å². The second-order valence-corrected chi connectivity index (χ2v) is 7.58. The largest absolute Gasteiger partial charge is 0.496 e. The maximum atomic E-state index is 12.2. The Bertz CT molecular complexity index is 592. The monoisotopic (exact) mass is 364 g/mol. The molecular weight excluding hydrogens is 332 g/mol. The molecule has 0 spiro atoms. The summed E-state index contributed by atoms with van der Waals surface area (Å²) in [7, 11) is 3.39. The molecule has 0 atom stereocenters. The zero-order valence-corrected chi connectivity index (χ0v) is 16.9. The highest BCUT2D eigenvalue weighted by atomic mass is 16.6. The lowest BCUT2D eigenvalue weighted by Gasteiger charge is -2.36. The van der Waals surface area contributed by atoms with Gasteiger partial charge < -0.3 is 19.1 Å². The third kappa shape index (κ3) is 5.27. The number of nitrogens with zero attached hydrogens (tertiary/aromatic N) is 2. The molecule has 6 nitrogen and oxygen atoms in total. The number of carbonyl (C=O) groups is 1. The normalized spacial score (nSPS) is 15.7. The minimum Gasteiger partial charge on any atom is -0.496 e. The molecule has 0 N–H and O–H groups in total. The number of methoxy groups -OCH3 is 2. The van der Waals surface area contributed by atoms with Crippen LogP contribution in [-0.4, -0.2) is 61.9 Å². The van der Waals surface area contributed by atoms with Crippen molar-refractivity contribution in [3.05, 3.63) is 23.3 Å². The first kappa shape index (κ1) is 20.4. The Morgan fingerprint density at radius 2 is 1.58 bits per heavy atom. The van der Waals surface area contributed by atoms with E-state index in [9.17, 15) is 4.79 Å². The standard InChI is InChI=1S/C20H32N2O4/c1-7-15-12-17(24-5)16(18(13-15)25-6)14-21-8-10-22(11-9-21)19(23)26-20(2,3)4/h12-13H,7-11,14H2,1-6H3. The van der Waals surface area contributed by atoms with Gasteiger partial charge in [0.2, 0.25) is 0 Å². The topological polar surface area (TPSA) is 51.2 Å². The van der Waals surface area contributed by atoms with Crippen LogP contribution in [0, 0.1) is 0 Å². The molecule has 0 bridgehead atoms. The minimum absolute atomic E-state index is 0.236. The average molecular weight is 364 g/mol. The fourth-order valence-electron chi connectivity index (χ4n) is 3.04. The maximum absolute atomic E-state index is 12.2. The fraction of sp³-hybridized carbons (Fsp3) is 0.650. The molecule has 146 valence electrons. The van der Waals surface area contributed by atoms with Gasteiger partial charge >= 0.3 is 6.09 Å². The van der Waals surface area contributed by atoms with Gasteiger partial charge in [0.15, 0.2) is 0 Å². The van der Waals surface area contributed by atoms with E-state index in [0.29, 0.717) is 13.1 Å². The van der Waals surface area contributed by atoms with Crippen molar-refractivity contribution in [2.24, 2.45) is 0 Å². The third-order valence-corrected chi connectivity index (χ3v) is 4.48. The van der Waals surface area contributed by atoms with Crippen molar-refractivity contribution in [3.8, 4) is 11.5 Å². The van der Waals surface area contributed by atoms with E-state index in [4.69, 9.17) is 14.2 Å². The van der Waals surface area contributed by atoms with E-state index in [-0.39, 0.29) is 6.09 Å². The van der Waals surface area contributed by atoms with E-state index in [1.807, 2.05) is 20.8 Å². The minimum atomic E-state index is -0.462. The number of rotatable bonds is 5. The Morgan fingerprint density at radius 3 is 2.00 bits per heavy atom. The number of amides is 1. The van der Waals surface area contributed by atoms with Gasteiger partial charge in [-0.05, 0) is 44.9 Å². The summed E-state index contributed by atoms with van der Waals surface area (Å²) in [6, 6.07) is 4.16. The SMILES string of the molecule is CCc1cc(OC)c(CN2CCN(C(=O)OC(C)(C)C)CC2)c(OC)c1. The molecular formula is C20H32N2O4. The average Bonchev–Trinajstić information content (AvgIpc) is 2.60. The van der Waals surface area contributed by atoms with Crippen molar-refractivity contribution in [3.63, 3.8) is 0 Å². The fourth-order valence-corrected chi connectivity index (χ4v) is 3.04. The van der Waals surface area contributed by atoms with Gasteiger partial charge in [-0.2, -0.15) is 0 Å². The highest BCUT2D eigenvalue weighted by Gasteiger charge is 2.26. The van der Waals surface area contributed by atoms with Crippen LogP contribution in [0.2, 0.25) is 0 Å².